The maximum atomic E-state index is 5.29. The van der Waals surface area contributed by atoms with Gasteiger partial charge in [-0.05, 0) is 18.6 Å². The molecule has 0 saturated carbocycles. The molecule has 0 fully saturated rings. The van der Waals surface area contributed by atoms with Gasteiger partial charge < -0.3 is 20.1 Å². The minimum absolute atomic E-state index is 0. The van der Waals surface area contributed by atoms with Crippen molar-refractivity contribution in [2.75, 3.05) is 33.1 Å². The molecule has 1 aromatic carbocycles. The summed E-state index contributed by atoms with van der Waals surface area (Å²) in [4.78, 5) is 4.22. The molecular formula is C16H28IN3O2. The average molecular weight is 421 g/mol. The Morgan fingerprint density at radius 3 is 2.41 bits per heavy atom. The number of hydrogen-bond acceptors (Lipinski definition) is 3. The monoisotopic (exact) mass is 421 g/mol. The van der Waals surface area contributed by atoms with Crippen molar-refractivity contribution < 1.29 is 9.47 Å². The van der Waals surface area contributed by atoms with E-state index in [1.54, 1.807) is 21.3 Å². The van der Waals surface area contributed by atoms with Crippen molar-refractivity contribution in [3.05, 3.63) is 18.2 Å². The minimum atomic E-state index is 0. The van der Waals surface area contributed by atoms with Crippen LogP contribution in [0.2, 0.25) is 0 Å². The second-order valence-electron chi connectivity index (χ2n) is 4.75. The number of aliphatic imine (C=N–C) groups is 1. The van der Waals surface area contributed by atoms with E-state index in [9.17, 15) is 0 Å². The lowest BCUT2D eigenvalue weighted by atomic mass is 10.2. The normalized spacial score (nSPS) is 10.6. The van der Waals surface area contributed by atoms with Gasteiger partial charge >= 0.3 is 0 Å². The summed E-state index contributed by atoms with van der Waals surface area (Å²) >= 11 is 0. The lowest BCUT2D eigenvalue weighted by Gasteiger charge is -2.14. The highest BCUT2D eigenvalue weighted by Crippen LogP contribution is 2.29. The van der Waals surface area contributed by atoms with Gasteiger partial charge in [-0.2, -0.15) is 0 Å². The van der Waals surface area contributed by atoms with E-state index in [4.69, 9.17) is 9.47 Å². The molecule has 6 heteroatoms. The van der Waals surface area contributed by atoms with E-state index < -0.39 is 0 Å². The first kappa shape index (κ1) is 20.8. The zero-order valence-electron chi connectivity index (χ0n) is 13.9. The van der Waals surface area contributed by atoms with Crippen molar-refractivity contribution in [1.29, 1.82) is 0 Å². The number of halogens is 1. The number of ether oxygens (including phenoxy) is 2. The van der Waals surface area contributed by atoms with Crippen LogP contribution < -0.4 is 20.1 Å². The summed E-state index contributed by atoms with van der Waals surface area (Å²) in [6.07, 6.45) is 4.93. The van der Waals surface area contributed by atoms with Crippen LogP contribution in [0.1, 0.15) is 32.6 Å². The quantitative estimate of drug-likeness (QED) is 0.290. The molecular weight excluding hydrogens is 393 g/mol. The summed E-state index contributed by atoms with van der Waals surface area (Å²) in [5.41, 5.74) is 0.911. The summed E-state index contributed by atoms with van der Waals surface area (Å²) < 4.78 is 10.5. The fraction of sp³-hybridized carbons (Fsp3) is 0.562. The van der Waals surface area contributed by atoms with E-state index in [0.717, 1.165) is 24.6 Å². The van der Waals surface area contributed by atoms with Crippen LogP contribution in [0, 0.1) is 0 Å². The molecule has 0 spiro atoms. The SMILES string of the molecule is CCCCCCNC(=NC)Nc1ccc(OC)c(OC)c1.I. The number of unbranched alkanes of at least 4 members (excludes halogenated alkanes) is 3. The fourth-order valence-corrected chi connectivity index (χ4v) is 1.99. The van der Waals surface area contributed by atoms with E-state index in [1.165, 1.54) is 19.3 Å². The molecule has 0 bridgehead atoms. The Balaban J connectivity index is 0.00000441. The van der Waals surface area contributed by atoms with Crippen molar-refractivity contribution >= 4 is 35.6 Å². The Morgan fingerprint density at radius 1 is 1.09 bits per heavy atom. The molecule has 0 atom stereocenters. The van der Waals surface area contributed by atoms with Gasteiger partial charge in [0.2, 0.25) is 0 Å². The number of anilines is 1. The minimum Gasteiger partial charge on any atom is -0.493 e. The fourth-order valence-electron chi connectivity index (χ4n) is 1.99. The van der Waals surface area contributed by atoms with E-state index in [-0.39, 0.29) is 24.0 Å². The lowest BCUT2D eigenvalue weighted by molar-refractivity contribution is 0.355. The Kier molecular flexibility index (Phi) is 11.7. The predicted octanol–water partition coefficient (Wildman–Crippen LogP) is 3.89. The third-order valence-electron chi connectivity index (χ3n) is 3.19. The van der Waals surface area contributed by atoms with Crippen molar-refractivity contribution in [3.8, 4) is 11.5 Å². The summed E-state index contributed by atoms with van der Waals surface area (Å²) in [7, 11) is 5.02. The third kappa shape index (κ3) is 7.20. The molecule has 0 saturated heterocycles. The number of benzene rings is 1. The molecule has 126 valence electrons. The van der Waals surface area contributed by atoms with E-state index in [2.05, 4.69) is 22.5 Å². The first-order valence-electron chi connectivity index (χ1n) is 7.44. The van der Waals surface area contributed by atoms with Crippen LogP contribution in [-0.4, -0.2) is 33.8 Å². The van der Waals surface area contributed by atoms with E-state index >= 15 is 0 Å². The van der Waals surface area contributed by atoms with Gasteiger partial charge in [-0.25, -0.2) is 0 Å². The number of methoxy groups -OCH3 is 2. The zero-order chi connectivity index (χ0) is 15.5. The molecule has 1 rings (SSSR count). The average Bonchev–Trinajstić information content (AvgIpc) is 2.53. The number of rotatable bonds is 8. The van der Waals surface area contributed by atoms with E-state index in [1.807, 2.05) is 18.2 Å². The van der Waals surface area contributed by atoms with Gasteiger partial charge in [0.25, 0.3) is 0 Å². The summed E-state index contributed by atoms with van der Waals surface area (Å²) in [5.74, 6) is 2.17. The molecule has 0 aliphatic carbocycles. The Morgan fingerprint density at radius 2 is 1.82 bits per heavy atom. The standard InChI is InChI=1S/C16H27N3O2.HI/c1-5-6-7-8-11-18-16(17-2)19-13-9-10-14(20-3)15(12-13)21-4;/h9-10,12H,5-8,11H2,1-4H3,(H2,17,18,19);1H. The van der Waals surface area contributed by atoms with Crippen molar-refractivity contribution in [2.24, 2.45) is 4.99 Å². The smallest absolute Gasteiger partial charge is 0.195 e. The maximum absolute atomic E-state index is 5.29. The Bertz CT molecular complexity index is 453. The van der Waals surface area contributed by atoms with Crippen molar-refractivity contribution in [3.63, 3.8) is 0 Å². The van der Waals surface area contributed by atoms with Gasteiger partial charge in [0.1, 0.15) is 0 Å². The van der Waals surface area contributed by atoms with Crippen LogP contribution in [0.25, 0.3) is 0 Å². The largest absolute Gasteiger partial charge is 0.493 e. The highest BCUT2D eigenvalue weighted by molar-refractivity contribution is 14.0. The zero-order valence-corrected chi connectivity index (χ0v) is 16.3. The van der Waals surface area contributed by atoms with Crippen LogP contribution >= 0.6 is 24.0 Å². The van der Waals surface area contributed by atoms with Crippen LogP contribution in [0.5, 0.6) is 11.5 Å². The Labute approximate surface area is 150 Å². The molecule has 2 N–H and O–H groups in total. The summed E-state index contributed by atoms with van der Waals surface area (Å²) in [5, 5.41) is 6.56. The number of nitrogens with zero attached hydrogens (tertiary/aromatic N) is 1. The molecule has 0 heterocycles. The highest BCUT2D eigenvalue weighted by Gasteiger charge is 2.05. The van der Waals surface area contributed by atoms with Gasteiger partial charge in [0.05, 0.1) is 14.2 Å². The summed E-state index contributed by atoms with van der Waals surface area (Å²) in [6.45, 7) is 3.14. The van der Waals surface area contributed by atoms with Crippen LogP contribution in [0.15, 0.2) is 23.2 Å². The number of guanidine groups is 1. The molecule has 0 radical (unpaired) electrons. The summed E-state index contributed by atoms with van der Waals surface area (Å²) in [6, 6.07) is 5.70. The van der Waals surface area contributed by atoms with Crippen LogP contribution in [0.3, 0.4) is 0 Å². The van der Waals surface area contributed by atoms with Crippen LogP contribution in [0.4, 0.5) is 5.69 Å². The molecule has 0 unspecified atom stereocenters. The predicted molar refractivity (Wildman–Crippen MR) is 104 cm³/mol. The molecule has 0 aliphatic rings. The van der Waals surface area contributed by atoms with Crippen LogP contribution in [-0.2, 0) is 0 Å². The third-order valence-corrected chi connectivity index (χ3v) is 3.19. The van der Waals surface area contributed by atoms with Gasteiger partial charge in [0.15, 0.2) is 17.5 Å². The molecule has 0 aromatic heterocycles. The molecule has 5 nitrogen and oxygen atoms in total. The van der Waals surface area contributed by atoms with Crippen molar-refractivity contribution in [2.45, 2.75) is 32.6 Å². The molecule has 0 amide bonds. The first-order valence-corrected chi connectivity index (χ1v) is 7.44. The lowest BCUT2D eigenvalue weighted by Crippen LogP contribution is -2.31. The second-order valence-corrected chi connectivity index (χ2v) is 4.75. The molecule has 1 aromatic rings. The Hall–Kier alpha value is -1.18. The molecule has 0 aliphatic heterocycles. The number of hydrogen-bond donors (Lipinski definition) is 2. The van der Waals surface area contributed by atoms with E-state index in [0.29, 0.717) is 11.5 Å². The maximum Gasteiger partial charge on any atom is 0.195 e. The van der Waals surface area contributed by atoms with Gasteiger partial charge in [-0.1, -0.05) is 26.2 Å². The number of nitrogens with one attached hydrogen (secondary N) is 2. The second kappa shape index (κ2) is 12.4. The highest BCUT2D eigenvalue weighted by atomic mass is 127. The molecule has 22 heavy (non-hydrogen) atoms. The first-order chi connectivity index (χ1) is 10.2. The van der Waals surface area contributed by atoms with Crippen molar-refractivity contribution in [1.82, 2.24) is 5.32 Å². The topological polar surface area (TPSA) is 54.9 Å². The van der Waals surface area contributed by atoms with Gasteiger partial charge in [-0.15, -0.1) is 24.0 Å². The van der Waals surface area contributed by atoms with Gasteiger partial charge in [0, 0.05) is 25.3 Å². The van der Waals surface area contributed by atoms with Gasteiger partial charge in [-0.3, -0.25) is 4.99 Å².